The fraction of sp³-hybridized carbons (Fsp3) is 0.474. The molecule has 2 saturated heterocycles. The van der Waals surface area contributed by atoms with Crippen molar-refractivity contribution in [1.29, 1.82) is 5.41 Å². The molecule has 0 unspecified atom stereocenters. The summed E-state index contributed by atoms with van der Waals surface area (Å²) < 4.78 is 5.99. The van der Waals surface area contributed by atoms with Gasteiger partial charge in [-0.15, -0.1) is 0 Å². The highest BCUT2D eigenvalue weighted by molar-refractivity contribution is 6.43. The van der Waals surface area contributed by atoms with Crippen molar-refractivity contribution in [3.63, 3.8) is 0 Å². The summed E-state index contributed by atoms with van der Waals surface area (Å²) >= 11 is 0. The first-order chi connectivity index (χ1) is 11.4. The van der Waals surface area contributed by atoms with Gasteiger partial charge in [0.15, 0.2) is 5.78 Å². The van der Waals surface area contributed by atoms with Crippen molar-refractivity contribution in [1.82, 2.24) is 5.32 Å². The van der Waals surface area contributed by atoms with Crippen molar-refractivity contribution >= 4 is 11.5 Å². The summed E-state index contributed by atoms with van der Waals surface area (Å²) in [6.07, 6.45) is 3.21. The van der Waals surface area contributed by atoms with Crippen molar-refractivity contribution in [2.24, 2.45) is 11.7 Å². The normalized spacial score (nSPS) is 26.1. The van der Waals surface area contributed by atoms with Crippen LogP contribution in [-0.4, -0.2) is 30.2 Å². The van der Waals surface area contributed by atoms with Crippen molar-refractivity contribution < 1.29 is 9.53 Å². The third-order valence-electron chi connectivity index (χ3n) is 4.78. The van der Waals surface area contributed by atoms with Crippen LogP contribution in [0.5, 0.6) is 0 Å². The van der Waals surface area contributed by atoms with E-state index in [4.69, 9.17) is 15.9 Å². The van der Waals surface area contributed by atoms with Crippen LogP contribution in [0.25, 0.3) is 0 Å². The molecule has 3 rings (SSSR count). The standard InChI is InChI=1S/C19H25N3O2/c1-11(2)15(20)9-16(21)18(23)7-12-3-5-13(6-4-12)19-17-8-14(24-19)10-22-17/h3-6,9,11,14,17,19,21-22H,7-8,10,20H2,1-2H3/t14-,17-,19+/m1/s1. The van der Waals surface area contributed by atoms with Gasteiger partial charge in [0.25, 0.3) is 0 Å². The molecule has 1 aromatic rings. The molecule has 2 fully saturated rings. The Balaban J connectivity index is 1.61. The van der Waals surface area contributed by atoms with E-state index < -0.39 is 0 Å². The molecule has 128 valence electrons. The maximum Gasteiger partial charge on any atom is 0.184 e. The molecule has 2 heterocycles. The van der Waals surface area contributed by atoms with Crippen LogP contribution in [0.4, 0.5) is 0 Å². The maximum absolute atomic E-state index is 12.2. The van der Waals surface area contributed by atoms with E-state index in [1.54, 1.807) is 0 Å². The summed E-state index contributed by atoms with van der Waals surface area (Å²) in [5.74, 6) is -0.0861. The summed E-state index contributed by atoms with van der Waals surface area (Å²) in [7, 11) is 0. The number of hydrogen-bond donors (Lipinski definition) is 3. The highest BCUT2D eigenvalue weighted by Crippen LogP contribution is 2.36. The number of rotatable bonds is 6. The number of carbonyl (C=O) groups excluding carboxylic acids is 1. The molecule has 1 aromatic carbocycles. The van der Waals surface area contributed by atoms with Gasteiger partial charge in [0.1, 0.15) is 0 Å². The molecule has 3 atom stereocenters. The predicted molar refractivity (Wildman–Crippen MR) is 94.0 cm³/mol. The second kappa shape index (κ2) is 6.87. The Labute approximate surface area is 142 Å². The van der Waals surface area contributed by atoms with Gasteiger partial charge in [-0.3, -0.25) is 10.2 Å². The van der Waals surface area contributed by atoms with E-state index in [2.05, 4.69) is 5.32 Å². The van der Waals surface area contributed by atoms with E-state index in [9.17, 15) is 4.79 Å². The Hall–Kier alpha value is -1.98. The minimum absolute atomic E-state index is 0.0362. The molecule has 0 aliphatic carbocycles. The number of ether oxygens (including phenoxy) is 1. The number of Topliss-reactive ketones (excluding diaryl/α,β-unsaturated/α-hetero) is 1. The fourth-order valence-electron chi connectivity index (χ4n) is 3.20. The molecule has 0 spiro atoms. The number of allylic oxidation sites excluding steroid dienone is 2. The summed E-state index contributed by atoms with van der Waals surface area (Å²) in [6.45, 7) is 4.83. The SMILES string of the molecule is CC(C)C(N)=CC(=N)C(=O)Cc1ccc([C@@H]2O[C@H]3CN[C@@H]2C3)cc1. The van der Waals surface area contributed by atoms with Gasteiger partial charge in [-0.1, -0.05) is 38.1 Å². The highest BCUT2D eigenvalue weighted by Gasteiger charge is 2.41. The van der Waals surface area contributed by atoms with Gasteiger partial charge in [0.2, 0.25) is 0 Å². The number of nitrogens with one attached hydrogen (secondary N) is 2. The Morgan fingerprint density at radius 1 is 1.42 bits per heavy atom. The lowest BCUT2D eigenvalue weighted by molar-refractivity contribution is -0.112. The van der Waals surface area contributed by atoms with Gasteiger partial charge in [-0.2, -0.15) is 0 Å². The maximum atomic E-state index is 12.2. The Morgan fingerprint density at radius 2 is 2.12 bits per heavy atom. The van der Waals surface area contributed by atoms with Crippen molar-refractivity contribution in [2.45, 2.75) is 44.9 Å². The third-order valence-corrected chi connectivity index (χ3v) is 4.78. The lowest BCUT2D eigenvalue weighted by atomic mass is 9.98. The molecular weight excluding hydrogens is 302 g/mol. The van der Waals surface area contributed by atoms with Crippen LogP contribution in [0.2, 0.25) is 0 Å². The number of fused-ring (bicyclic) bond motifs is 2. The van der Waals surface area contributed by atoms with Crippen LogP contribution >= 0.6 is 0 Å². The quantitative estimate of drug-likeness (QED) is 0.698. The number of carbonyl (C=O) groups is 1. The molecule has 2 aliphatic heterocycles. The Bertz CT molecular complexity index is 664. The van der Waals surface area contributed by atoms with Gasteiger partial charge in [0, 0.05) is 24.7 Å². The summed E-state index contributed by atoms with van der Waals surface area (Å²) in [4.78, 5) is 12.2. The number of morpholine rings is 1. The summed E-state index contributed by atoms with van der Waals surface area (Å²) in [5, 5.41) is 11.3. The molecule has 4 N–H and O–H groups in total. The van der Waals surface area contributed by atoms with E-state index in [1.807, 2.05) is 38.1 Å². The summed E-state index contributed by atoms with van der Waals surface area (Å²) in [5.41, 5.74) is 8.39. The molecule has 2 bridgehead atoms. The van der Waals surface area contributed by atoms with Gasteiger partial charge in [0.05, 0.1) is 17.9 Å². The van der Waals surface area contributed by atoms with Crippen molar-refractivity contribution in [3.05, 3.63) is 47.2 Å². The van der Waals surface area contributed by atoms with Gasteiger partial charge < -0.3 is 15.8 Å². The third kappa shape index (κ3) is 3.57. The average Bonchev–Trinajstić information content (AvgIpc) is 3.18. The monoisotopic (exact) mass is 327 g/mol. The Morgan fingerprint density at radius 3 is 2.67 bits per heavy atom. The lowest BCUT2D eigenvalue weighted by Crippen LogP contribution is -2.33. The minimum atomic E-state index is -0.218. The molecule has 0 radical (unpaired) electrons. The number of ketones is 1. The molecule has 0 aromatic heterocycles. The van der Waals surface area contributed by atoms with E-state index in [0.717, 1.165) is 24.1 Å². The zero-order valence-electron chi connectivity index (χ0n) is 14.2. The highest BCUT2D eigenvalue weighted by atomic mass is 16.5. The second-order valence-electron chi connectivity index (χ2n) is 6.98. The van der Waals surface area contributed by atoms with Gasteiger partial charge >= 0.3 is 0 Å². The van der Waals surface area contributed by atoms with Gasteiger partial charge in [-0.25, -0.2) is 0 Å². The van der Waals surface area contributed by atoms with Gasteiger partial charge in [-0.05, 0) is 29.5 Å². The first-order valence-corrected chi connectivity index (χ1v) is 8.50. The molecule has 24 heavy (non-hydrogen) atoms. The second-order valence-corrected chi connectivity index (χ2v) is 6.98. The van der Waals surface area contributed by atoms with E-state index in [0.29, 0.717) is 17.8 Å². The Kier molecular flexibility index (Phi) is 4.83. The average molecular weight is 327 g/mol. The van der Waals surface area contributed by atoms with E-state index in [1.165, 1.54) is 6.08 Å². The number of nitrogens with two attached hydrogens (primary N) is 1. The molecular formula is C19H25N3O2. The van der Waals surface area contributed by atoms with Crippen LogP contribution in [0, 0.1) is 11.3 Å². The molecule has 5 nitrogen and oxygen atoms in total. The zero-order chi connectivity index (χ0) is 17.3. The van der Waals surface area contributed by atoms with Crippen LogP contribution in [0.1, 0.15) is 37.5 Å². The van der Waals surface area contributed by atoms with E-state index in [-0.39, 0.29) is 29.9 Å². The topological polar surface area (TPSA) is 88.2 Å². The molecule has 0 amide bonds. The largest absolute Gasteiger partial charge is 0.402 e. The van der Waals surface area contributed by atoms with Crippen LogP contribution in [-0.2, 0) is 16.0 Å². The summed E-state index contributed by atoms with van der Waals surface area (Å²) in [6, 6.07) is 8.35. The van der Waals surface area contributed by atoms with Crippen LogP contribution in [0.15, 0.2) is 36.0 Å². The predicted octanol–water partition coefficient (Wildman–Crippen LogP) is 2.12. The fourth-order valence-corrected chi connectivity index (χ4v) is 3.20. The number of hydrogen-bond acceptors (Lipinski definition) is 5. The smallest absolute Gasteiger partial charge is 0.184 e. The number of benzene rings is 1. The lowest BCUT2D eigenvalue weighted by Gasteiger charge is -2.23. The molecule has 5 heteroatoms. The van der Waals surface area contributed by atoms with E-state index >= 15 is 0 Å². The van der Waals surface area contributed by atoms with Crippen molar-refractivity contribution in [2.75, 3.05) is 6.54 Å². The van der Waals surface area contributed by atoms with Crippen molar-refractivity contribution in [3.8, 4) is 0 Å². The molecule has 2 aliphatic rings. The zero-order valence-corrected chi connectivity index (χ0v) is 14.2. The first kappa shape index (κ1) is 16.9. The minimum Gasteiger partial charge on any atom is -0.402 e. The van der Waals surface area contributed by atoms with Crippen LogP contribution < -0.4 is 11.1 Å². The first-order valence-electron chi connectivity index (χ1n) is 8.50. The van der Waals surface area contributed by atoms with Crippen LogP contribution in [0.3, 0.4) is 0 Å². The molecule has 0 saturated carbocycles.